The lowest BCUT2D eigenvalue weighted by atomic mass is 9.89. The van der Waals surface area contributed by atoms with Gasteiger partial charge in [0.25, 0.3) is 0 Å². The number of hydrogen-bond acceptors (Lipinski definition) is 3. The van der Waals surface area contributed by atoms with Crippen molar-refractivity contribution in [2.24, 2.45) is 5.41 Å². The minimum atomic E-state index is -0.280. The molecular formula is C16H26N2O. The lowest BCUT2D eigenvalue weighted by Crippen LogP contribution is -2.32. The van der Waals surface area contributed by atoms with E-state index in [0.717, 1.165) is 24.9 Å². The molecule has 0 aliphatic heterocycles. The molecule has 19 heavy (non-hydrogen) atoms. The number of nitrogens with one attached hydrogen (secondary N) is 1. The third kappa shape index (κ3) is 3.95. The van der Waals surface area contributed by atoms with E-state index in [1.54, 1.807) is 0 Å². The summed E-state index contributed by atoms with van der Waals surface area (Å²) in [5.74, 6) is 0. The number of rotatable bonds is 4. The van der Waals surface area contributed by atoms with Crippen LogP contribution in [0.3, 0.4) is 0 Å². The lowest BCUT2D eigenvalue weighted by molar-refractivity contribution is 0.116. The van der Waals surface area contributed by atoms with Crippen molar-refractivity contribution in [1.29, 1.82) is 0 Å². The van der Waals surface area contributed by atoms with Crippen LogP contribution in [-0.4, -0.2) is 17.8 Å². The van der Waals surface area contributed by atoms with Crippen molar-refractivity contribution in [3.05, 3.63) is 29.3 Å². The topological polar surface area (TPSA) is 58.3 Å². The van der Waals surface area contributed by atoms with Gasteiger partial charge in [-0.15, -0.1) is 0 Å². The summed E-state index contributed by atoms with van der Waals surface area (Å²) in [4.78, 5) is 0. The summed E-state index contributed by atoms with van der Waals surface area (Å²) in [6, 6.07) is 6.52. The zero-order chi connectivity index (χ0) is 14.0. The molecule has 1 aromatic rings. The normalized spacial score (nSPS) is 20.3. The van der Waals surface area contributed by atoms with Gasteiger partial charge in [-0.25, -0.2) is 0 Å². The molecule has 0 aromatic heterocycles. The van der Waals surface area contributed by atoms with E-state index >= 15 is 0 Å². The minimum absolute atomic E-state index is 0.170. The van der Waals surface area contributed by atoms with Crippen LogP contribution in [-0.2, 0) is 6.42 Å². The highest BCUT2D eigenvalue weighted by Crippen LogP contribution is 2.32. The van der Waals surface area contributed by atoms with Crippen molar-refractivity contribution in [1.82, 2.24) is 5.32 Å². The van der Waals surface area contributed by atoms with Crippen LogP contribution in [0.5, 0.6) is 0 Å². The van der Waals surface area contributed by atoms with E-state index < -0.39 is 0 Å². The molecule has 1 aliphatic carbocycles. The SMILES string of the molecule is CC(C)(C)CC(O)CNC1CCc2cc(N)ccc21. The van der Waals surface area contributed by atoms with Crippen LogP contribution in [0.15, 0.2) is 18.2 Å². The van der Waals surface area contributed by atoms with E-state index in [1.807, 2.05) is 6.07 Å². The average Bonchev–Trinajstić information content (AvgIpc) is 2.66. The van der Waals surface area contributed by atoms with E-state index in [-0.39, 0.29) is 11.5 Å². The Kier molecular flexibility index (Phi) is 4.16. The first kappa shape index (κ1) is 14.4. The highest BCUT2D eigenvalue weighted by molar-refractivity contribution is 5.47. The second-order valence-electron chi connectivity index (χ2n) is 6.88. The number of nitrogens with two attached hydrogens (primary N) is 1. The largest absolute Gasteiger partial charge is 0.399 e. The number of aliphatic hydroxyl groups excluding tert-OH is 1. The minimum Gasteiger partial charge on any atom is -0.399 e. The molecule has 0 fully saturated rings. The van der Waals surface area contributed by atoms with E-state index in [9.17, 15) is 5.11 Å². The van der Waals surface area contributed by atoms with E-state index in [2.05, 4.69) is 38.2 Å². The quantitative estimate of drug-likeness (QED) is 0.731. The summed E-state index contributed by atoms with van der Waals surface area (Å²) in [7, 11) is 0. The van der Waals surface area contributed by atoms with Crippen molar-refractivity contribution in [2.45, 2.75) is 52.2 Å². The van der Waals surface area contributed by atoms with Crippen LogP contribution in [0.4, 0.5) is 5.69 Å². The summed E-state index contributed by atoms with van der Waals surface area (Å²) in [6.07, 6.45) is 2.72. The van der Waals surface area contributed by atoms with Gasteiger partial charge in [0.15, 0.2) is 0 Å². The van der Waals surface area contributed by atoms with Crippen molar-refractivity contribution >= 4 is 5.69 Å². The molecule has 0 radical (unpaired) electrons. The molecule has 0 amide bonds. The second-order valence-corrected chi connectivity index (χ2v) is 6.88. The van der Waals surface area contributed by atoms with Crippen molar-refractivity contribution < 1.29 is 5.11 Å². The fourth-order valence-electron chi connectivity index (χ4n) is 2.91. The van der Waals surface area contributed by atoms with Crippen molar-refractivity contribution in [3.63, 3.8) is 0 Å². The summed E-state index contributed by atoms with van der Waals surface area (Å²) >= 11 is 0. The van der Waals surface area contributed by atoms with Gasteiger partial charge in [0, 0.05) is 18.3 Å². The standard InChI is InChI=1S/C16H26N2O/c1-16(2,3)9-13(19)10-18-15-7-4-11-8-12(17)5-6-14(11)15/h5-6,8,13,15,18-19H,4,7,9-10,17H2,1-3H3. The number of aryl methyl sites for hydroxylation is 1. The molecule has 0 heterocycles. The predicted molar refractivity (Wildman–Crippen MR) is 80.0 cm³/mol. The molecule has 0 saturated heterocycles. The number of nitrogen functional groups attached to an aromatic ring is 1. The Balaban J connectivity index is 1.89. The van der Waals surface area contributed by atoms with Gasteiger partial charge in [0.05, 0.1) is 6.10 Å². The van der Waals surface area contributed by atoms with Gasteiger partial charge in [-0.05, 0) is 47.9 Å². The van der Waals surface area contributed by atoms with Gasteiger partial charge >= 0.3 is 0 Å². The van der Waals surface area contributed by atoms with Crippen LogP contribution in [0, 0.1) is 5.41 Å². The predicted octanol–water partition coefficient (Wildman–Crippen LogP) is 2.64. The monoisotopic (exact) mass is 262 g/mol. The maximum Gasteiger partial charge on any atom is 0.0669 e. The molecule has 0 bridgehead atoms. The molecule has 0 spiro atoms. The highest BCUT2D eigenvalue weighted by Gasteiger charge is 2.23. The Labute approximate surface area is 116 Å². The van der Waals surface area contributed by atoms with Gasteiger partial charge in [-0.2, -0.15) is 0 Å². The van der Waals surface area contributed by atoms with Crippen molar-refractivity contribution in [2.75, 3.05) is 12.3 Å². The van der Waals surface area contributed by atoms with Gasteiger partial charge < -0.3 is 16.2 Å². The number of benzene rings is 1. The first-order chi connectivity index (χ1) is 8.85. The summed E-state index contributed by atoms with van der Waals surface area (Å²) in [6.45, 7) is 7.13. The summed E-state index contributed by atoms with van der Waals surface area (Å²) < 4.78 is 0. The van der Waals surface area contributed by atoms with Gasteiger partial charge in [0.2, 0.25) is 0 Å². The third-order valence-corrected chi connectivity index (χ3v) is 3.69. The molecule has 2 atom stereocenters. The molecule has 106 valence electrons. The Morgan fingerprint density at radius 3 is 2.84 bits per heavy atom. The third-order valence-electron chi connectivity index (χ3n) is 3.69. The van der Waals surface area contributed by atoms with Gasteiger partial charge in [-0.3, -0.25) is 0 Å². The van der Waals surface area contributed by atoms with Crippen LogP contribution in [0.1, 0.15) is 50.8 Å². The molecule has 2 rings (SSSR count). The number of anilines is 1. The fraction of sp³-hybridized carbons (Fsp3) is 0.625. The van der Waals surface area contributed by atoms with Crippen LogP contribution in [0.25, 0.3) is 0 Å². The maximum absolute atomic E-state index is 10.1. The molecule has 1 aromatic carbocycles. The Morgan fingerprint density at radius 2 is 2.16 bits per heavy atom. The van der Waals surface area contributed by atoms with E-state index in [1.165, 1.54) is 11.1 Å². The van der Waals surface area contributed by atoms with Crippen LogP contribution in [0.2, 0.25) is 0 Å². The van der Waals surface area contributed by atoms with Crippen molar-refractivity contribution in [3.8, 4) is 0 Å². The molecule has 3 nitrogen and oxygen atoms in total. The van der Waals surface area contributed by atoms with Gasteiger partial charge in [0.1, 0.15) is 0 Å². The summed E-state index contributed by atoms with van der Waals surface area (Å²) in [5.41, 5.74) is 9.51. The number of fused-ring (bicyclic) bond motifs is 1. The fourth-order valence-corrected chi connectivity index (χ4v) is 2.91. The second kappa shape index (κ2) is 5.51. The molecule has 4 N–H and O–H groups in total. The maximum atomic E-state index is 10.1. The van der Waals surface area contributed by atoms with Crippen LogP contribution >= 0.6 is 0 Å². The van der Waals surface area contributed by atoms with E-state index in [0.29, 0.717) is 12.6 Å². The molecular weight excluding hydrogens is 236 g/mol. The first-order valence-electron chi connectivity index (χ1n) is 7.15. The Hall–Kier alpha value is -1.06. The zero-order valence-corrected chi connectivity index (χ0v) is 12.2. The Bertz CT molecular complexity index is 437. The summed E-state index contributed by atoms with van der Waals surface area (Å²) in [5, 5.41) is 13.5. The molecule has 3 heteroatoms. The Morgan fingerprint density at radius 1 is 1.42 bits per heavy atom. The first-order valence-corrected chi connectivity index (χ1v) is 7.15. The van der Waals surface area contributed by atoms with E-state index in [4.69, 9.17) is 5.73 Å². The molecule has 2 unspecified atom stereocenters. The number of hydrogen-bond donors (Lipinski definition) is 3. The van der Waals surface area contributed by atoms with Crippen LogP contribution < -0.4 is 11.1 Å². The van der Waals surface area contributed by atoms with Gasteiger partial charge in [-0.1, -0.05) is 26.8 Å². The average molecular weight is 262 g/mol. The lowest BCUT2D eigenvalue weighted by Gasteiger charge is -2.24. The number of aliphatic hydroxyl groups is 1. The zero-order valence-electron chi connectivity index (χ0n) is 12.2. The molecule has 0 saturated carbocycles. The smallest absolute Gasteiger partial charge is 0.0669 e. The molecule has 1 aliphatic rings. The highest BCUT2D eigenvalue weighted by atomic mass is 16.3.